The van der Waals surface area contributed by atoms with Crippen molar-refractivity contribution in [1.82, 2.24) is 0 Å². The van der Waals surface area contributed by atoms with E-state index < -0.39 is 5.82 Å². The zero-order valence-corrected chi connectivity index (χ0v) is 20.8. The lowest BCUT2D eigenvalue weighted by Crippen LogP contribution is -1.99. The summed E-state index contributed by atoms with van der Waals surface area (Å²) in [4.78, 5) is 12.4. The minimum absolute atomic E-state index is 0.271. The standard InChI is InChI=1S/C28H28FNO6/c1-32-24-15-18(6-7-19-16-25(33-2)28(36-5)26(17-19)34-3)14-22(27(24)35-4)30-13-12-23(31)20-8-10-21(29)11-9-20/h6-17,30H,1-5H3. The second-order valence-corrected chi connectivity index (χ2v) is 7.44. The smallest absolute Gasteiger partial charge is 0.203 e. The Balaban J connectivity index is 1.89. The van der Waals surface area contributed by atoms with Crippen LogP contribution in [0.15, 0.2) is 60.8 Å². The van der Waals surface area contributed by atoms with Crippen LogP contribution in [0.4, 0.5) is 10.1 Å². The van der Waals surface area contributed by atoms with Gasteiger partial charge in [-0.15, -0.1) is 0 Å². The fourth-order valence-electron chi connectivity index (χ4n) is 3.50. The van der Waals surface area contributed by atoms with Crippen LogP contribution >= 0.6 is 0 Å². The Morgan fingerprint density at radius 1 is 0.722 bits per heavy atom. The van der Waals surface area contributed by atoms with Gasteiger partial charge in [0.1, 0.15) is 5.82 Å². The van der Waals surface area contributed by atoms with Crippen LogP contribution < -0.4 is 29.0 Å². The summed E-state index contributed by atoms with van der Waals surface area (Å²) in [7, 11) is 7.75. The zero-order chi connectivity index (χ0) is 26.1. The minimum Gasteiger partial charge on any atom is -0.493 e. The Bertz CT molecular complexity index is 1240. The van der Waals surface area contributed by atoms with Crippen LogP contribution in [-0.2, 0) is 0 Å². The quantitative estimate of drug-likeness (QED) is 0.204. The van der Waals surface area contributed by atoms with Gasteiger partial charge in [-0.05, 0) is 59.7 Å². The fourth-order valence-corrected chi connectivity index (χ4v) is 3.50. The highest BCUT2D eigenvalue weighted by Gasteiger charge is 2.13. The first-order chi connectivity index (χ1) is 17.4. The van der Waals surface area contributed by atoms with E-state index in [2.05, 4.69) is 5.32 Å². The molecule has 8 heteroatoms. The number of carbonyl (C=O) groups is 1. The van der Waals surface area contributed by atoms with Crippen LogP contribution in [0.2, 0.25) is 0 Å². The lowest BCUT2D eigenvalue weighted by molar-refractivity contribution is 0.104. The van der Waals surface area contributed by atoms with Gasteiger partial charge in [0.15, 0.2) is 28.8 Å². The van der Waals surface area contributed by atoms with Crippen LogP contribution in [0.3, 0.4) is 0 Å². The number of halogens is 1. The van der Waals surface area contributed by atoms with Crippen molar-refractivity contribution in [2.24, 2.45) is 0 Å². The van der Waals surface area contributed by atoms with Gasteiger partial charge in [-0.1, -0.05) is 12.2 Å². The average Bonchev–Trinajstić information content (AvgIpc) is 2.90. The second kappa shape index (κ2) is 12.3. The number of carbonyl (C=O) groups excluding carboxylic acids is 1. The molecule has 0 spiro atoms. The minimum atomic E-state index is -0.401. The maximum absolute atomic E-state index is 13.1. The summed E-state index contributed by atoms with van der Waals surface area (Å²) in [5.41, 5.74) is 2.60. The molecule has 0 fully saturated rings. The Kier molecular flexibility index (Phi) is 8.94. The first-order valence-electron chi connectivity index (χ1n) is 10.9. The van der Waals surface area contributed by atoms with Crippen molar-refractivity contribution < 1.29 is 32.9 Å². The number of ketones is 1. The maximum atomic E-state index is 13.1. The molecule has 0 unspecified atom stereocenters. The van der Waals surface area contributed by atoms with Crippen LogP contribution in [0.1, 0.15) is 21.5 Å². The molecule has 3 rings (SSSR count). The van der Waals surface area contributed by atoms with Gasteiger partial charge >= 0.3 is 0 Å². The molecule has 0 heterocycles. The van der Waals surface area contributed by atoms with Crippen LogP contribution in [0.25, 0.3) is 12.2 Å². The van der Waals surface area contributed by atoms with Crippen molar-refractivity contribution >= 4 is 23.6 Å². The molecule has 0 aliphatic heterocycles. The number of benzene rings is 3. The van der Waals surface area contributed by atoms with E-state index in [4.69, 9.17) is 23.7 Å². The van der Waals surface area contributed by atoms with Crippen molar-refractivity contribution in [3.8, 4) is 28.7 Å². The highest BCUT2D eigenvalue weighted by Crippen LogP contribution is 2.40. The molecule has 1 N–H and O–H groups in total. The highest BCUT2D eigenvalue weighted by atomic mass is 19.1. The fraction of sp³-hybridized carbons (Fsp3) is 0.179. The molecular weight excluding hydrogens is 465 g/mol. The lowest BCUT2D eigenvalue weighted by Gasteiger charge is -2.14. The average molecular weight is 494 g/mol. The molecule has 36 heavy (non-hydrogen) atoms. The molecule has 0 aliphatic rings. The van der Waals surface area contributed by atoms with Crippen molar-refractivity contribution in [3.05, 3.63) is 83.3 Å². The molecule has 0 aliphatic carbocycles. The first kappa shape index (κ1) is 26.2. The number of hydrogen-bond acceptors (Lipinski definition) is 7. The normalized spacial score (nSPS) is 10.9. The maximum Gasteiger partial charge on any atom is 0.203 e. The van der Waals surface area contributed by atoms with Gasteiger partial charge in [-0.25, -0.2) is 4.39 Å². The van der Waals surface area contributed by atoms with E-state index in [1.807, 2.05) is 36.4 Å². The Morgan fingerprint density at radius 3 is 1.72 bits per heavy atom. The van der Waals surface area contributed by atoms with E-state index in [-0.39, 0.29) is 5.78 Å². The number of nitrogens with one attached hydrogen (secondary N) is 1. The SMILES string of the molecule is COc1cc(C=Cc2cc(OC)c(OC)c(OC)c2)cc(NC=CC(=O)c2ccc(F)cc2)c1OC. The molecule has 7 nitrogen and oxygen atoms in total. The number of allylic oxidation sites excluding steroid dienone is 1. The van der Waals surface area contributed by atoms with Gasteiger partial charge in [-0.2, -0.15) is 0 Å². The van der Waals surface area contributed by atoms with Gasteiger partial charge in [-0.3, -0.25) is 4.79 Å². The zero-order valence-electron chi connectivity index (χ0n) is 20.8. The predicted octanol–water partition coefficient (Wildman–Crippen LogP) is 5.85. The van der Waals surface area contributed by atoms with Crippen LogP contribution in [0, 0.1) is 5.82 Å². The second-order valence-electron chi connectivity index (χ2n) is 7.44. The summed E-state index contributed by atoms with van der Waals surface area (Å²) < 4.78 is 40.3. The summed E-state index contributed by atoms with van der Waals surface area (Å²) in [5.74, 6) is 1.90. The van der Waals surface area contributed by atoms with E-state index in [1.165, 1.54) is 43.7 Å². The first-order valence-corrected chi connectivity index (χ1v) is 10.9. The van der Waals surface area contributed by atoms with E-state index >= 15 is 0 Å². The number of hydrogen-bond donors (Lipinski definition) is 1. The molecule has 0 radical (unpaired) electrons. The topological polar surface area (TPSA) is 75.3 Å². The molecule has 0 bridgehead atoms. The molecule has 188 valence electrons. The molecule has 0 saturated carbocycles. The number of methoxy groups -OCH3 is 5. The van der Waals surface area contributed by atoms with Crippen molar-refractivity contribution in [2.45, 2.75) is 0 Å². The van der Waals surface area contributed by atoms with Crippen molar-refractivity contribution in [3.63, 3.8) is 0 Å². The van der Waals surface area contributed by atoms with Crippen molar-refractivity contribution in [1.29, 1.82) is 0 Å². The predicted molar refractivity (Wildman–Crippen MR) is 138 cm³/mol. The molecular formula is C28H28FNO6. The Hall–Kier alpha value is -4.46. The van der Waals surface area contributed by atoms with Gasteiger partial charge in [0.25, 0.3) is 0 Å². The monoisotopic (exact) mass is 493 g/mol. The molecule has 3 aromatic rings. The van der Waals surface area contributed by atoms with Gasteiger partial charge < -0.3 is 29.0 Å². The molecule has 0 amide bonds. The molecule has 0 aromatic heterocycles. The summed E-state index contributed by atoms with van der Waals surface area (Å²) in [6.07, 6.45) is 6.64. The van der Waals surface area contributed by atoms with Crippen molar-refractivity contribution in [2.75, 3.05) is 40.9 Å². The van der Waals surface area contributed by atoms with E-state index in [0.29, 0.717) is 40.0 Å². The van der Waals surface area contributed by atoms with Gasteiger partial charge in [0.2, 0.25) is 5.75 Å². The van der Waals surface area contributed by atoms with Crippen LogP contribution in [0.5, 0.6) is 28.7 Å². The van der Waals surface area contributed by atoms with E-state index in [9.17, 15) is 9.18 Å². The number of rotatable bonds is 11. The largest absolute Gasteiger partial charge is 0.493 e. The summed E-state index contributed by atoms with van der Waals surface area (Å²) in [6.45, 7) is 0. The summed E-state index contributed by atoms with van der Waals surface area (Å²) >= 11 is 0. The molecule has 0 atom stereocenters. The number of ether oxygens (including phenoxy) is 5. The Morgan fingerprint density at radius 2 is 1.22 bits per heavy atom. The molecule has 0 saturated heterocycles. The Labute approximate surface area is 209 Å². The summed E-state index contributed by atoms with van der Waals surface area (Å²) in [6, 6.07) is 12.7. The van der Waals surface area contributed by atoms with Gasteiger partial charge in [0.05, 0.1) is 41.2 Å². The third-order valence-electron chi connectivity index (χ3n) is 5.26. The van der Waals surface area contributed by atoms with Crippen LogP contribution in [-0.4, -0.2) is 41.3 Å². The summed E-state index contributed by atoms with van der Waals surface area (Å²) in [5, 5.41) is 3.07. The third kappa shape index (κ3) is 6.15. The van der Waals surface area contributed by atoms with E-state index in [0.717, 1.165) is 11.1 Å². The highest BCUT2D eigenvalue weighted by molar-refractivity contribution is 6.04. The molecule has 3 aromatic carbocycles. The lowest BCUT2D eigenvalue weighted by atomic mass is 10.1. The van der Waals surface area contributed by atoms with Gasteiger partial charge in [0, 0.05) is 17.8 Å². The number of anilines is 1. The van der Waals surface area contributed by atoms with E-state index in [1.54, 1.807) is 28.4 Å². The third-order valence-corrected chi connectivity index (χ3v) is 5.26.